The van der Waals surface area contributed by atoms with E-state index in [2.05, 4.69) is 0 Å². The minimum atomic E-state index is -5.71. The third-order valence-electron chi connectivity index (χ3n) is 4.60. The van der Waals surface area contributed by atoms with Crippen LogP contribution in [0.1, 0.15) is 22.8 Å². The molecule has 8 heteroatoms. The molecule has 0 amide bonds. The van der Waals surface area contributed by atoms with Crippen LogP contribution in [-0.4, -0.2) is 22.0 Å². The van der Waals surface area contributed by atoms with Gasteiger partial charge in [-0.15, -0.1) is 0 Å². The maximum absolute atomic E-state index is 13.0. The van der Waals surface area contributed by atoms with Crippen LogP contribution in [0.4, 0.5) is 13.2 Å². The second kappa shape index (κ2) is 6.21. The molecule has 1 aliphatic carbocycles. The van der Waals surface area contributed by atoms with Gasteiger partial charge in [0, 0.05) is 5.54 Å². The van der Waals surface area contributed by atoms with Crippen LogP contribution in [0.2, 0.25) is 19.6 Å². The summed E-state index contributed by atoms with van der Waals surface area (Å²) in [7, 11) is -7.87. The Balaban J connectivity index is 2.25. The molecule has 0 bridgehead atoms. The van der Waals surface area contributed by atoms with Crippen molar-refractivity contribution < 1.29 is 25.8 Å². The van der Waals surface area contributed by atoms with Gasteiger partial charge in [-0.1, -0.05) is 68.2 Å². The van der Waals surface area contributed by atoms with Crippen LogP contribution in [0.5, 0.6) is 0 Å². The first-order valence-corrected chi connectivity index (χ1v) is 13.1. The topological polar surface area (TPSA) is 43.4 Å². The average molecular weight is 400 g/mol. The summed E-state index contributed by atoms with van der Waals surface area (Å²) in [5.74, 6) is 0. The van der Waals surface area contributed by atoms with E-state index in [9.17, 15) is 21.6 Å². The normalized spacial score (nSPS) is 20.4. The van der Waals surface area contributed by atoms with Crippen molar-refractivity contribution in [1.29, 1.82) is 0 Å². The number of rotatable bonds is 3. The van der Waals surface area contributed by atoms with Crippen molar-refractivity contribution in [2.24, 2.45) is 0 Å². The lowest BCUT2D eigenvalue weighted by Crippen LogP contribution is -2.40. The Morgan fingerprint density at radius 2 is 1.35 bits per heavy atom. The summed E-state index contributed by atoms with van der Waals surface area (Å²) < 4.78 is 67.4. The third-order valence-corrected chi connectivity index (χ3v) is 8.11. The van der Waals surface area contributed by atoms with E-state index < -0.39 is 35.3 Å². The summed E-state index contributed by atoms with van der Waals surface area (Å²) in [5, 5.41) is 0. The highest BCUT2D eigenvalue weighted by atomic mass is 32.2. The molecular weight excluding hydrogens is 381 g/mol. The fraction of sp³-hybridized carbons (Fsp3) is 0.333. The van der Waals surface area contributed by atoms with E-state index in [-0.39, 0.29) is 0 Å². The van der Waals surface area contributed by atoms with E-state index in [1.165, 1.54) is 0 Å². The lowest BCUT2D eigenvalue weighted by Gasteiger charge is -2.41. The van der Waals surface area contributed by atoms with Crippen molar-refractivity contribution in [3.8, 4) is 11.1 Å². The Bertz CT molecular complexity index is 933. The minimum Gasteiger partial charge on any atom is -0.255 e. The molecule has 0 spiro atoms. The van der Waals surface area contributed by atoms with Crippen molar-refractivity contribution in [2.75, 3.05) is 0 Å². The summed E-state index contributed by atoms with van der Waals surface area (Å²) in [5.41, 5.74) is -2.94. The first-order chi connectivity index (χ1) is 11.9. The van der Waals surface area contributed by atoms with E-state index in [4.69, 9.17) is 4.18 Å². The summed E-state index contributed by atoms with van der Waals surface area (Å²) >= 11 is 0. The molecule has 0 aromatic heterocycles. The molecule has 2 unspecified atom stereocenters. The van der Waals surface area contributed by atoms with E-state index in [1.54, 1.807) is 24.3 Å². The predicted octanol–water partition coefficient (Wildman–Crippen LogP) is 5.24. The Kier molecular flexibility index (Phi) is 4.57. The molecule has 3 nitrogen and oxygen atoms in total. The molecular formula is C18H19F3O3SSi. The first kappa shape index (κ1) is 19.1. The predicted molar refractivity (Wildman–Crippen MR) is 96.8 cm³/mol. The number of hydrogen-bond donors (Lipinski definition) is 0. The van der Waals surface area contributed by atoms with Gasteiger partial charge < -0.3 is 0 Å². The van der Waals surface area contributed by atoms with Crippen LogP contribution in [0.25, 0.3) is 11.1 Å². The number of halogens is 3. The number of alkyl halides is 3. The monoisotopic (exact) mass is 400 g/mol. The summed E-state index contributed by atoms with van der Waals surface area (Å²) in [6.45, 7) is 6.00. The van der Waals surface area contributed by atoms with Crippen LogP contribution in [0, 0.1) is 0 Å². The van der Waals surface area contributed by atoms with Crippen molar-refractivity contribution >= 4 is 18.2 Å². The van der Waals surface area contributed by atoms with Crippen molar-refractivity contribution in [2.45, 2.75) is 36.8 Å². The van der Waals surface area contributed by atoms with Gasteiger partial charge >= 0.3 is 15.6 Å². The lowest BCUT2D eigenvalue weighted by atomic mass is 9.83. The quantitative estimate of drug-likeness (QED) is 0.402. The van der Waals surface area contributed by atoms with Gasteiger partial charge in [-0.3, -0.25) is 4.18 Å². The van der Waals surface area contributed by atoms with Crippen LogP contribution < -0.4 is 0 Å². The molecule has 2 aromatic rings. The van der Waals surface area contributed by atoms with Gasteiger partial charge in [0.2, 0.25) is 0 Å². The number of hydrogen-bond acceptors (Lipinski definition) is 3. The molecule has 140 valence electrons. The zero-order chi connectivity index (χ0) is 19.3. The summed E-state index contributed by atoms with van der Waals surface area (Å²) in [6.07, 6.45) is -1.20. The minimum absolute atomic E-state index is 0.425. The highest BCUT2D eigenvalue weighted by Gasteiger charge is 2.52. The molecule has 0 aliphatic heterocycles. The van der Waals surface area contributed by atoms with Gasteiger partial charge in [-0.2, -0.15) is 21.6 Å². The molecule has 26 heavy (non-hydrogen) atoms. The fourth-order valence-electron chi connectivity index (χ4n) is 3.57. The molecule has 0 fully saturated rings. The highest BCUT2D eigenvalue weighted by molar-refractivity contribution is 7.87. The molecule has 0 saturated carbocycles. The van der Waals surface area contributed by atoms with Crippen molar-refractivity contribution in [3.63, 3.8) is 0 Å². The number of benzene rings is 2. The first-order valence-electron chi connectivity index (χ1n) is 8.11. The van der Waals surface area contributed by atoms with E-state index in [0.29, 0.717) is 11.1 Å². The Morgan fingerprint density at radius 1 is 0.885 bits per heavy atom. The van der Waals surface area contributed by atoms with Gasteiger partial charge in [0.25, 0.3) is 0 Å². The molecule has 0 saturated heterocycles. The van der Waals surface area contributed by atoms with Crippen molar-refractivity contribution in [3.05, 3.63) is 59.7 Å². The van der Waals surface area contributed by atoms with E-state index in [1.807, 2.05) is 43.9 Å². The third kappa shape index (κ3) is 3.21. The molecule has 3 rings (SSSR count). The van der Waals surface area contributed by atoms with Gasteiger partial charge in [0.05, 0.1) is 8.07 Å². The zero-order valence-electron chi connectivity index (χ0n) is 14.5. The standard InChI is InChI=1S/C18H19F3O3SSi/c1-26(2,3)17-15-11-7-5-9-13(15)12-8-4-6-10-14(12)16(17)24-25(22,23)18(19,20)21/h4-11,16-17H,1-3H3. The average Bonchev–Trinajstić information content (AvgIpc) is 2.52. The maximum atomic E-state index is 13.0. The molecule has 0 radical (unpaired) electrons. The van der Waals surface area contributed by atoms with Gasteiger partial charge in [0.15, 0.2) is 0 Å². The summed E-state index contributed by atoms with van der Waals surface area (Å²) in [4.78, 5) is 0. The van der Waals surface area contributed by atoms with Crippen LogP contribution >= 0.6 is 0 Å². The smallest absolute Gasteiger partial charge is 0.255 e. The van der Waals surface area contributed by atoms with Crippen LogP contribution in [0.3, 0.4) is 0 Å². The Hall–Kier alpha value is -1.64. The maximum Gasteiger partial charge on any atom is 0.523 e. The zero-order valence-corrected chi connectivity index (χ0v) is 16.4. The van der Waals surface area contributed by atoms with Crippen LogP contribution in [-0.2, 0) is 14.3 Å². The van der Waals surface area contributed by atoms with Crippen LogP contribution in [0.15, 0.2) is 48.5 Å². The molecule has 0 N–H and O–H groups in total. The lowest BCUT2D eigenvalue weighted by molar-refractivity contribution is -0.0578. The van der Waals surface area contributed by atoms with Crippen molar-refractivity contribution in [1.82, 2.24) is 0 Å². The van der Waals surface area contributed by atoms with Gasteiger partial charge in [-0.05, 0) is 22.3 Å². The van der Waals surface area contributed by atoms with Gasteiger partial charge in [0.1, 0.15) is 6.10 Å². The largest absolute Gasteiger partial charge is 0.523 e. The second-order valence-electron chi connectivity index (χ2n) is 7.43. The Labute approximate surface area is 151 Å². The fourth-order valence-corrected chi connectivity index (χ4v) is 6.60. The summed E-state index contributed by atoms with van der Waals surface area (Å²) in [6, 6.07) is 14.3. The SMILES string of the molecule is C[Si](C)(C)C1c2ccccc2-c2ccccc2C1OS(=O)(=O)C(F)(F)F. The highest BCUT2D eigenvalue weighted by Crippen LogP contribution is 2.52. The molecule has 2 atom stereocenters. The second-order valence-corrected chi connectivity index (χ2v) is 14.4. The van der Waals surface area contributed by atoms with E-state index >= 15 is 0 Å². The molecule has 0 heterocycles. The Morgan fingerprint density at radius 3 is 1.85 bits per heavy atom. The van der Waals surface area contributed by atoms with E-state index in [0.717, 1.165) is 11.1 Å². The molecule has 2 aromatic carbocycles. The number of fused-ring (bicyclic) bond motifs is 3. The molecule has 1 aliphatic rings. The van der Waals surface area contributed by atoms with Gasteiger partial charge in [-0.25, -0.2) is 0 Å².